The van der Waals surface area contributed by atoms with Crippen molar-refractivity contribution in [3.63, 3.8) is 0 Å². The molecule has 1 amide bonds. The van der Waals surface area contributed by atoms with E-state index in [1.54, 1.807) is 0 Å². The van der Waals surface area contributed by atoms with Gasteiger partial charge < -0.3 is 10.6 Å². The molecule has 1 saturated carbocycles. The third-order valence-corrected chi connectivity index (χ3v) is 6.59. The van der Waals surface area contributed by atoms with Crippen LogP contribution in [0.4, 0.5) is 11.6 Å². The summed E-state index contributed by atoms with van der Waals surface area (Å²) in [6.07, 6.45) is 4.41. The van der Waals surface area contributed by atoms with Crippen LogP contribution in [-0.2, 0) is 13.1 Å². The normalized spacial score (nSPS) is 14.7. The summed E-state index contributed by atoms with van der Waals surface area (Å²) in [7, 11) is 0. The van der Waals surface area contributed by atoms with Crippen LogP contribution in [0.15, 0.2) is 54.7 Å². The molecule has 1 aliphatic carbocycles. The number of aryl methyl sites for hydroxylation is 2. The van der Waals surface area contributed by atoms with E-state index >= 15 is 0 Å². The van der Waals surface area contributed by atoms with Gasteiger partial charge in [0.25, 0.3) is 5.91 Å². The summed E-state index contributed by atoms with van der Waals surface area (Å²) >= 11 is 0. The Labute approximate surface area is 198 Å². The summed E-state index contributed by atoms with van der Waals surface area (Å²) in [5.41, 5.74) is 8.40. The molecule has 1 fully saturated rings. The lowest BCUT2D eigenvalue weighted by atomic mass is 9.98. The number of benzene rings is 2. The van der Waals surface area contributed by atoms with Gasteiger partial charge >= 0.3 is 0 Å². The molecule has 0 atom stereocenters. The average Bonchev–Trinajstić information content (AvgIpc) is 3.54. The maximum Gasteiger partial charge on any atom is 0.251 e. The second-order valence-electron chi connectivity index (χ2n) is 9.03. The molecule has 6 rings (SSSR count). The molecular formula is C27H26N6O. The monoisotopic (exact) mass is 450 g/mol. The third-order valence-electron chi connectivity index (χ3n) is 6.59. The number of hydrogen-bond donors (Lipinski definition) is 2. The molecule has 0 bridgehead atoms. The second-order valence-corrected chi connectivity index (χ2v) is 9.03. The Bertz CT molecular complexity index is 1420. The number of nitrogens with zero attached hydrogens (tertiary/aromatic N) is 4. The fraction of sp³-hybridized carbons (Fsp3) is 0.259. The second kappa shape index (κ2) is 8.09. The van der Waals surface area contributed by atoms with Crippen LogP contribution < -0.4 is 10.6 Å². The Morgan fingerprint density at radius 1 is 1.06 bits per heavy atom. The standard InChI is InChI=1S/C27H26N6O/c1-3-33-27(30-21-7-9-23-20(13-21)15-29-26(23)34)31-25(32-33)19-6-8-22(16(2)12-19)18-10-11-28-24(14-18)17-4-5-17/h6-14,17H,3-5,15H2,1-2H3,(H,29,34)(H,30,31,32). The SMILES string of the molecule is CCn1nc(-c2ccc(-c3ccnc(C4CC4)c3)c(C)c2)nc1Nc1ccc2c(c1)CNC2=O. The van der Waals surface area contributed by atoms with Gasteiger partial charge in [0.15, 0.2) is 5.82 Å². The summed E-state index contributed by atoms with van der Waals surface area (Å²) < 4.78 is 1.86. The first-order valence-corrected chi connectivity index (χ1v) is 11.8. The lowest BCUT2D eigenvalue weighted by molar-refractivity contribution is 0.0966. The van der Waals surface area contributed by atoms with Gasteiger partial charge in [-0.1, -0.05) is 12.1 Å². The number of fused-ring (bicyclic) bond motifs is 1. The van der Waals surface area contributed by atoms with Gasteiger partial charge in [0, 0.05) is 47.7 Å². The number of amides is 1. The highest BCUT2D eigenvalue weighted by atomic mass is 16.1. The Balaban J connectivity index is 1.28. The van der Waals surface area contributed by atoms with Crippen LogP contribution >= 0.6 is 0 Å². The Morgan fingerprint density at radius 3 is 2.71 bits per heavy atom. The minimum atomic E-state index is -0.0186. The lowest BCUT2D eigenvalue weighted by Crippen LogP contribution is -2.12. The number of anilines is 2. The van der Waals surface area contributed by atoms with Gasteiger partial charge in [0.05, 0.1) is 0 Å². The van der Waals surface area contributed by atoms with E-state index in [-0.39, 0.29) is 5.91 Å². The number of pyridine rings is 1. The number of nitrogens with one attached hydrogen (secondary N) is 2. The van der Waals surface area contributed by atoms with Gasteiger partial charge in [0.2, 0.25) is 5.95 Å². The highest BCUT2D eigenvalue weighted by Crippen LogP contribution is 2.40. The Hall–Kier alpha value is -4.00. The molecule has 2 N–H and O–H groups in total. The summed E-state index contributed by atoms with van der Waals surface area (Å²) in [5, 5.41) is 11.0. The molecule has 34 heavy (non-hydrogen) atoms. The van der Waals surface area contributed by atoms with Gasteiger partial charge in [-0.05, 0) is 85.3 Å². The van der Waals surface area contributed by atoms with Gasteiger partial charge in [0.1, 0.15) is 0 Å². The van der Waals surface area contributed by atoms with Gasteiger partial charge in [-0.25, -0.2) is 4.68 Å². The van der Waals surface area contributed by atoms with E-state index < -0.39 is 0 Å². The molecule has 2 aliphatic rings. The first-order valence-electron chi connectivity index (χ1n) is 11.8. The first kappa shape index (κ1) is 20.6. The quantitative estimate of drug-likeness (QED) is 0.422. The first-order chi connectivity index (χ1) is 16.6. The summed E-state index contributed by atoms with van der Waals surface area (Å²) in [6.45, 7) is 5.43. The van der Waals surface area contributed by atoms with Crippen molar-refractivity contribution in [2.75, 3.05) is 5.32 Å². The number of hydrogen-bond acceptors (Lipinski definition) is 5. The van der Waals surface area contributed by atoms with Gasteiger partial charge in [-0.2, -0.15) is 4.98 Å². The van der Waals surface area contributed by atoms with E-state index in [4.69, 9.17) is 10.1 Å². The molecule has 4 aromatic rings. The topological polar surface area (TPSA) is 84.7 Å². The van der Waals surface area contributed by atoms with Gasteiger partial charge in [-0.3, -0.25) is 9.78 Å². The minimum Gasteiger partial charge on any atom is -0.348 e. The van der Waals surface area contributed by atoms with Crippen molar-refractivity contribution < 1.29 is 4.79 Å². The van der Waals surface area contributed by atoms with Crippen LogP contribution in [0.5, 0.6) is 0 Å². The molecule has 7 nitrogen and oxygen atoms in total. The fourth-order valence-corrected chi connectivity index (χ4v) is 4.56. The van der Waals surface area contributed by atoms with Crippen molar-refractivity contribution >= 4 is 17.5 Å². The van der Waals surface area contributed by atoms with Gasteiger partial charge in [-0.15, -0.1) is 5.10 Å². The van der Waals surface area contributed by atoms with Crippen LogP contribution in [0.2, 0.25) is 0 Å². The molecule has 7 heteroatoms. The maximum absolute atomic E-state index is 11.8. The molecule has 2 aromatic carbocycles. The van der Waals surface area contributed by atoms with Crippen LogP contribution in [0.1, 0.15) is 52.9 Å². The van der Waals surface area contributed by atoms with Crippen LogP contribution in [0, 0.1) is 6.92 Å². The van der Waals surface area contributed by atoms with E-state index in [0.29, 0.717) is 30.8 Å². The van der Waals surface area contributed by atoms with E-state index in [1.165, 1.54) is 35.2 Å². The van der Waals surface area contributed by atoms with Crippen LogP contribution in [0.25, 0.3) is 22.5 Å². The van der Waals surface area contributed by atoms with Crippen molar-refractivity contribution in [3.8, 4) is 22.5 Å². The average molecular weight is 451 g/mol. The van der Waals surface area contributed by atoms with Crippen LogP contribution in [0.3, 0.4) is 0 Å². The predicted octanol–water partition coefficient (Wildman–Crippen LogP) is 5.20. The van der Waals surface area contributed by atoms with E-state index in [1.807, 2.05) is 36.0 Å². The zero-order valence-corrected chi connectivity index (χ0v) is 19.3. The van der Waals surface area contributed by atoms with Crippen LogP contribution in [-0.4, -0.2) is 25.7 Å². The molecule has 0 saturated heterocycles. The number of carbonyl (C=O) groups excluding carboxylic acids is 1. The lowest BCUT2D eigenvalue weighted by Gasteiger charge is -2.09. The van der Waals surface area contributed by atoms with Crippen molar-refractivity contribution in [1.82, 2.24) is 25.1 Å². The predicted molar refractivity (Wildman–Crippen MR) is 132 cm³/mol. The molecule has 1 aliphatic heterocycles. The van der Waals surface area contributed by atoms with E-state index in [0.717, 1.165) is 22.4 Å². The Morgan fingerprint density at radius 2 is 1.91 bits per heavy atom. The number of rotatable bonds is 6. The molecule has 170 valence electrons. The molecule has 0 spiro atoms. The largest absolute Gasteiger partial charge is 0.348 e. The fourth-order valence-electron chi connectivity index (χ4n) is 4.56. The molecule has 0 unspecified atom stereocenters. The zero-order chi connectivity index (χ0) is 23.2. The highest BCUT2D eigenvalue weighted by molar-refractivity contribution is 5.98. The molecule has 3 heterocycles. The summed E-state index contributed by atoms with van der Waals surface area (Å²) in [6, 6.07) is 16.5. The molecule has 2 aromatic heterocycles. The minimum absolute atomic E-state index is 0.0186. The van der Waals surface area contributed by atoms with E-state index in [2.05, 4.69) is 52.9 Å². The smallest absolute Gasteiger partial charge is 0.251 e. The molecular weight excluding hydrogens is 424 g/mol. The van der Waals surface area contributed by atoms with E-state index in [9.17, 15) is 4.79 Å². The number of aromatic nitrogens is 4. The Kier molecular flexibility index (Phi) is 4.90. The number of carbonyl (C=O) groups is 1. The van der Waals surface area contributed by atoms with Crippen molar-refractivity contribution in [2.24, 2.45) is 0 Å². The highest BCUT2D eigenvalue weighted by Gasteiger charge is 2.25. The maximum atomic E-state index is 11.8. The van der Waals surface area contributed by atoms with Crippen molar-refractivity contribution in [3.05, 3.63) is 77.1 Å². The summed E-state index contributed by atoms with van der Waals surface area (Å²) in [5.74, 6) is 1.98. The zero-order valence-electron chi connectivity index (χ0n) is 19.3. The summed E-state index contributed by atoms with van der Waals surface area (Å²) in [4.78, 5) is 21.2. The molecule has 0 radical (unpaired) electrons. The third kappa shape index (κ3) is 3.73. The van der Waals surface area contributed by atoms with Crippen molar-refractivity contribution in [1.29, 1.82) is 0 Å². The van der Waals surface area contributed by atoms with Crippen molar-refractivity contribution in [2.45, 2.75) is 45.7 Å².